The predicted octanol–water partition coefficient (Wildman–Crippen LogP) is 4.22. The summed E-state index contributed by atoms with van der Waals surface area (Å²) in [5, 5.41) is 3.35. The summed E-state index contributed by atoms with van der Waals surface area (Å²) in [5.74, 6) is 0. The smallest absolute Gasteiger partial charge is 0.122 e. The molecule has 0 radical (unpaired) electrons. The van der Waals surface area contributed by atoms with Gasteiger partial charge in [-0.3, -0.25) is 0 Å². The van der Waals surface area contributed by atoms with E-state index in [4.69, 9.17) is 16.3 Å². The quantitative estimate of drug-likeness (QED) is 0.473. The van der Waals surface area contributed by atoms with Crippen molar-refractivity contribution in [2.45, 2.75) is 37.3 Å². The lowest BCUT2D eigenvalue weighted by atomic mass is 9.93. The van der Waals surface area contributed by atoms with Crippen LogP contribution in [0.4, 0.5) is 0 Å². The summed E-state index contributed by atoms with van der Waals surface area (Å²) in [6, 6.07) is 3.26. The maximum Gasteiger partial charge on any atom is 0.122 e. The minimum absolute atomic E-state index is 0.576. The van der Waals surface area contributed by atoms with Gasteiger partial charge in [-0.25, -0.2) is 0 Å². The van der Waals surface area contributed by atoms with Crippen LogP contribution in [0.2, 0.25) is 25.7 Å². The van der Waals surface area contributed by atoms with Gasteiger partial charge in [-0.05, 0) is 29.3 Å². The molecular formula is C18H25ClN2OSi. The Morgan fingerprint density at radius 2 is 2.22 bits per heavy atom. The van der Waals surface area contributed by atoms with E-state index in [9.17, 15) is 0 Å². The summed E-state index contributed by atoms with van der Waals surface area (Å²) in [5.41, 5.74) is 3.43. The van der Waals surface area contributed by atoms with Gasteiger partial charge in [0.1, 0.15) is 11.6 Å². The second-order valence-corrected chi connectivity index (χ2v) is 13.7. The van der Waals surface area contributed by atoms with Gasteiger partial charge in [0.2, 0.25) is 0 Å². The van der Waals surface area contributed by atoms with E-state index in [0.717, 1.165) is 24.4 Å². The van der Waals surface area contributed by atoms with Crippen LogP contribution in [0.1, 0.15) is 5.56 Å². The monoisotopic (exact) mass is 348 g/mol. The van der Waals surface area contributed by atoms with Crippen molar-refractivity contribution in [3.05, 3.63) is 59.6 Å². The first-order valence-corrected chi connectivity index (χ1v) is 12.2. The molecule has 124 valence electrons. The molecule has 0 amide bonds. The SMILES string of the molecule is C[Si](C)(C)CCOCn1ccc(C2(Cl)C=CC3=CCNC3=C2)c1. The van der Waals surface area contributed by atoms with E-state index in [-0.39, 0.29) is 0 Å². The third-order valence-corrected chi connectivity index (χ3v) is 6.37. The lowest BCUT2D eigenvalue weighted by Gasteiger charge is -2.23. The molecule has 3 nitrogen and oxygen atoms in total. The maximum absolute atomic E-state index is 6.82. The Kier molecular flexibility index (Phi) is 4.58. The highest BCUT2D eigenvalue weighted by molar-refractivity contribution is 6.76. The number of rotatable bonds is 6. The van der Waals surface area contributed by atoms with Crippen LogP contribution in [0.3, 0.4) is 0 Å². The van der Waals surface area contributed by atoms with Gasteiger partial charge in [0.25, 0.3) is 0 Å². The number of aromatic nitrogens is 1. The van der Waals surface area contributed by atoms with E-state index in [1.54, 1.807) is 0 Å². The van der Waals surface area contributed by atoms with Gasteiger partial charge < -0.3 is 14.6 Å². The van der Waals surface area contributed by atoms with Crippen LogP contribution in [0.15, 0.2) is 54.0 Å². The number of alkyl halides is 1. The Hall–Kier alpha value is -1.23. The summed E-state index contributed by atoms with van der Waals surface area (Å²) in [4.78, 5) is -0.576. The van der Waals surface area contributed by atoms with E-state index < -0.39 is 12.9 Å². The fourth-order valence-electron chi connectivity index (χ4n) is 2.72. The molecule has 1 atom stereocenters. The maximum atomic E-state index is 6.82. The third kappa shape index (κ3) is 4.00. The molecule has 1 aromatic heterocycles. The van der Waals surface area contributed by atoms with E-state index in [1.807, 2.05) is 6.20 Å². The summed E-state index contributed by atoms with van der Waals surface area (Å²) in [6.45, 7) is 9.39. The van der Waals surface area contributed by atoms with Gasteiger partial charge in [0.15, 0.2) is 0 Å². The van der Waals surface area contributed by atoms with E-state index in [1.165, 1.54) is 11.6 Å². The Labute approximate surface area is 144 Å². The second-order valence-electron chi connectivity index (χ2n) is 7.46. The van der Waals surface area contributed by atoms with Crippen molar-refractivity contribution in [2.24, 2.45) is 0 Å². The first-order chi connectivity index (χ1) is 10.9. The van der Waals surface area contributed by atoms with Gasteiger partial charge in [-0.15, -0.1) is 11.6 Å². The standard InChI is InChI=1S/C18H25ClN2OSi/c1-23(2,3)11-10-22-14-21-9-6-16(13-21)18(19)7-4-15-5-8-20-17(15)12-18/h4-7,9,12-13,20H,8,10-11,14H2,1-3H3. The van der Waals surface area contributed by atoms with Crippen molar-refractivity contribution >= 4 is 19.7 Å². The molecule has 2 heterocycles. The van der Waals surface area contributed by atoms with E-state index in [0.29, 0.717) is 6.73 Å². The van der Waals surface area contributed by atoms with Crippen LogP contribution >= 0.6 is 11.6 Å². The van der Waals surface area contributed by atoms with Gasteiger partial charge >= 0.3 is 0 Å². The van der Waals surface area contributed by atoms with Crippen molar-refractivity contribution in [1.29, 1.82) is 0 Å². The minimum atomic E-state index is -1.03. The average Bonchev–Trinajstić information content (AvgIpc) is 3.11. The second kappa shape index (κ2) is 6.34. The predicted molar refractivity (Wildman–Crippen MR) is 99.4 cm³/mol. The number of hydrogen-bond donors (Lipinski definition) is 1. The van der Waals surface area contributed by atoms with E-state index >= 15 is 0 Å². The first kappa shape index (κ1) is 16.6. The van der Waals surface area contributed by atoms with Crippen LogP contribution < -0.4 is 5.32 Å². The first-order valence-electron chi connectivity index (χ1n) is 8.15. The van der Waals surface area contributed by atoms with Crippen LogP contribution in [0.25, 0.3) is 0 Å². The van der Waals surface area contributed by atoms with E-state index in [2.05, 4.69) is 66.1 Å². The van der Waals surface area contributed by atoms with Crippen LogP contribution in [-0.2, 0) is 16.3 Å². The topological polar surface area (TPSA) is 26.2 Å². The largest absolute Gasteiger partial charge is 0.381 e. The summed E-state index contributed by atoms with van der Waals surface area (Å²) in [6.07, 6.45) is 12.5. The molecule has 1 N–H and O–H groups in total. The highest BCUT2D eigenvalue weighted by Crippen LogP contribution is 2.38. The molecule has 1 aliphatic carbocycles. The van der Waals surface area contributed by atoms with Gasteiger partial charge in [-0.1, -0.05) is 37.9 Å². The molecule has 5 heteroatoms. The van der Waals surface area contributed by atoms with Gasteiger partial charge in [0, 0.05) is 39.3 Å². The number of halogens is 1. The van der Waals surface area contributed by atoms with Gasteiger partial charge in [0.05, 0.1) is 0 Å². The van der Waals surface area contributed by atoms with Crippen molar-refractivity contribution in [1.82, 2.24) is 9.88 Å². The number of hydrogen-bond acceptors (Lipinski definition) is 2. The zero-order valence-corrected chi connectivity index (χ0v) is 15.9. The number of allylic oxidation sites excluding steroid dienone is 3. The molecule has 0 spiro atoms. The minimum Gasteiger partial charge on any atom is -0.381 e. The number of fused-ring (bicyclic) bond motifs is 1. The molecule has 0 saturated heterocycles. The molecule has 0 bridgehead atoms. The molecule has 1 aromatic rings. The Morgan fingerprint density at radius 1 is 1.39 bits per heavy atom. The molecule has 0 fully saturated rings. The summed E-state index contributed by atoms with van der Waals surface area (Å²) < 4.78 is 7.86. The third-order valence-electron chi connectivity index (χ3n) is 4.22. The van der Waals surface area contributed by atoms with Crippen molar-refractivity contribution in [3.63, 3.8) is 0 Å². The van der Waals surface area contributed by atoms with Crippen molar-refractivity contribution < 1.29 is 4.74 Å². The summed E-state index contributed by atoms with van der Waals surface area (Å²) >= 11 is 6.82. The number of ether oxygens (including phenoxy) is 1. The molecule has 23 heavy (non-hydrogen) atoms. The molecule has 1 aliphatic heterocycles. The highest BCUT2D eigenvalue weighted by atomic mass is 35.5. The zero-order valence-electron chi connectivity index (χ0n) is 14.1. The van der Waals surface area contributed by atoms with Crippen molar-refractivity contribution in [2.75, 3.05) is 13.2 Å². The Balaban J connectivity index is 1.62. The zero-order chi connectivity index (χ0) is 16.5. The molecule has 2 aliphatic rings. The van der Waals surface area contributed by atoms with Crippen LogP contribution in [0, 0.1) is 0 Å². The number of nitrogens with zero attached hydrogens (tertiary/aromatic N) is 1. The molecule has 0 aromatic carbocycles. The van der Waals surface area contributed by atoms with Crippen LogP contribution in [-0.4, -0.2) is 25.8 Å². The summed E-state index contributed by atoms with van der Waals surface area (Å²) in [7, 11) is -1.03. The normalized spacial score (nSPS) is 23.3. The number of nitrogens with one attached hydrogen (secondary N) is 1. The fourth-order valence-corrected chi connectivity index (χ4v) is 3.76. The lowest BCUT2D eigenvalue weighted by molar-refractivity contribution is 0.0874. The molecule has 3 rings (SSSR count). The Bertz CT molecular complexity index is 669. The van der Waals surface area contributed by atoms with Crippen LogP contribution in [0.5, 0.6) is 0 Å². The fraction of sp³-hybridized carbons (Fsp3) is 0.444. The molecule has 1 unspecified atom stereocenters. The Morgan fingerprint density at radius 3 is 3.00 bits per heavy atom. The lowest BCUT2D eigenvalue weighted by Crippen LogP contribution is -2.22. The van der Waals surface area contributed by atoms with Crippen molar-refractivity contribution in [3.8, 4) is 0 Å². The average molecular weight is 349 g/mol. The molecular weight excluding hydrogens is 324 g/mol. The highest BCUT2D eigenvalue weighted by Gasteiger charge is 2.30. The molecule has 0 saturated carbocycles. The van der Waals surface area contributed by atoms with Gasteiger partial charge in [-0.2, -0.15) is 0 Å².